The second kappa shape index (κ2) is 5.66. The molecule has 0 bridgehead atoms. The van der Waals surface area contributed by atoms with E-state index in [-0.39, 0.29) is 5.91 Å². The molecule has 0 fully saturated rings. The zero-order chi connectivity index (χ0) is 15.0. The number of aryl methyl sites for hydroxylation is 2. The van der Waals surface area contributed by atoms with Gasteiger partial charge in [-0.2, -0.15) is 0 Å². The Balaban J connectivity index is 1.70. The standard InChI is InChI=1S/C15H15ClN2O2S/c1-3-11-8(2)21-15(17-11)18-14(19)13-7-9-6-10(16)4-5-12(9)20-13/h4-6,13H,3,7H2,1-2H3,(H,17,18,19)/t13-/m0/s1. The molecule has 1 aliphatic heterocycles. The average molecular weight is 323 g/mol. The highest BCUT2D eigenvalue weighted by atomic mass is 35.5. The number of benzene rings is 1. The molecule has 21 heavy (non-hydrogen) atoms. The molecule has 2 heterocycles. The second-order valence-electron chi connectivity index (χ2n) is 4.93. The van der Waals surface area contributed by atoms with Crippen LogP contribution in [0.4, 0.5) is 5.13 Å². The van der Waals surface area contributed by atoms with Gasteiger partial charge in [0, 0.05) is 16.3 Å². The number of ether oxygens (including phenoxy) is 1. The number of carbonyl (C=O) groups excluding carboxylic acids is 1. The fraction of sp³-hybridized carbons (Fsp3) is 0.333. The molecular weight excluding hydrogens is 308 g/mol. The van der Waals surface area contributed by atoms with E-state index in [0.717, 1.165) is 28.3 Å². The van der Waals surface area contributed by atoms with E-state index >= 15 is 0 Å². The number of nitrogens with one attached hydrogen (secondary N) is 1. The lowest BCUT2D eigenvalue weighted by Gasteiger charge is -2.09. The van der Waals surface area contributed by atoms with Gasteiger partial charge in [0.05, 0.1) is 5.69 Å². The molecule has 1 aliphatic rings. The molecule has 1 amide bonds. The number of rotatable bonds is 3. The number of nitrogens with zero attached hydrogens (tertiary/aromatic N) is 1. The van der Waals surface area contributed by atoms with Crippen molar-refractivity contribution in [3.05, 3.63) is 39.4 Å². The summed E-state index contributed by atoms with van der Waals surface area (Å²) >= 11 is 7.44. The van der Waals surface area contributed by atoms with Crippen LogP contribution in [0.3, 0.4) is 0 Å². The Kier molecular flexibility index (Phi) is 3.87. The van der Waals surface area contributed by atoms with Gasteiger partial charge in [0.2, 0.25) is 0 Å². The molecule has 0 unspecified atom stereocenters. The van der Waals surface area contributed by atoms with Crippen molar-refractivity contribution in [2.24, 2.45) is 0 Å². The third-order valence-electron chi connectivity index (χ3n) is 3.45. The van der Waals surface area contributed by atoms with Gasteiger partial charge in [0.25, 0.3) is 5.91 Å². The number of halogens is 1. The van der Waals surface area contributed by atoms with Crippen molar-refractivity contribution in [2.45, 2.75) is 32.8 Å². The highest BCUT2D eigenvalue weighted by Gasteiger charge is 2.29. The van der Waals surface area contributed by atoms with Crippen molar-refractivity contribution in [1.29, 1.82) is 0 Å². The van der Waals surface area contributed by atoms with Crippen LogP contribution in [0.1, 0.15) is 23.1 Å². The van der Waals surface area contributed by atoms with Gasteiger partial charge in [-0.25, -0.2) is 4.98 Å². The summed E-state index contributed by atoms with van der Waals surface area (Å²) in [5.41, 5.74) is 1.99. The first kappa shape index (κ1) is 14.4. The molecule has 0 saturated heterocycles. The minimum absolute atomic E-state index is 0.168. The van der Waals surface area contributed by atoms with E-state index in [9.17, 15) is 4.79 Å². The van der Waals surface area contributed by atoms with Crippen molar-refractivity contribution in [3.63, 3.8) is 0 Å². The van der Waals surface area contributed by atoms with Crippen LogP contribution in [-0.2, 0) is 17.6 Å². The van der Waals surface area contributed by atoms with E-state index in [2.05, 4.69) is 10.3 Å². The van der Waals surface area contributed by atoms with Crippen molar-refractivity contribution in [3.8, 4) is 5.75 Å². The molecule has 0 aliphatic carbocycles. The topological polar surface area (TPSA) is 51.2 Å². The van der Waals surface area contributed by atoms with Gasteiger partial charge in [0.1, 0.15) is 5.75 Å². The second-order valence-corrected chi connectivity index (χ2v) is 6.57. The molecule has 0 spiro atoms. The maximum absolute atomic E-state index is 12.3. The van der Waals surface area contributed by atoms with Crippen LogP contribution in [0.15, 0.2) is 18.2 Å². The van der Waals surface area contributed by atoms with Gasteiger partial charge in [-0.3, -0.25) is 10.1 Å². The lowest BCUT2D eigenvalue weighted by Crippen LogP contribution is -2.31. The average Bonchev–Trinajstić information content (AvgIpc) is 3.01. The number of fused-ring (bicyclic) bond motifs is 1. The summed E-state index contributed by atoms with van der Waals surface area (Å²) in [6, 6.07) is 5.40. The molecule has 110 valence electrons. The summed E-state index contributed by atoms with van der Waals surface area (Å²) in [5.74, 6) is 0.558. The molecule has 6 heteroatoms. The highest BCUT2D eigenvalue weighted by Crippen LogP contribution is 2.32. The first-order chi connectivity index (χ1) is 10.1. The Morgan fingerprint density at radius 2 is 2.38 bits per heavy atom. The van der Waals surface area contributed by atoms with Crippen molar-refractivity contribution in [2.75, 3.05) is 5.32 Å². The number of hydrogen-bond acceptors (Lipinski definition) is 4. The Morgan fingerprint density at radius 3 is 3.10 bits per heavy atom. The van der Waals surface area contributed by atoms with Crippen LogP contribution < -0.4 is 10.1 Å². The predicted molar refractivity (Wildman–Crippen MR) is 84.4 cm³/mol. The number of thiazole rings is 1. The molecule has 1 aromatic heterocycles. The van der Waals surface area contributed by atoms with E-state index in [1.165, 1.54) is 11.3 Å². The highest BCUT2D eigenvalue weighted by molar-refractivity contribution is 7.15. The SMILES string of the molecule is CCc1nc(NC(=O)[C@@H]2Cc3cc(Cl)ccc3O2)sc1C. The fourth-order valence-corrected chi connectivity index (χ4v) is 3.46. The van der Waals surface area contributed by atoms with E-state index in [1.807, 2.05) is 19.9 Å². The number of hydrogen-bond donors (Lipinski definition) is 1. The zero-order valence-corrected chi connectivity index (χ0v) is 13.3. The minimum atomic E-state index is -0.521. The van der Waals surface area contributed by atoms with E-state index < -0.39 is 6.10 Å². The van der Waals surface area contributed by atoms with Gasteiger partial charge in [-0.1, -0.05) is 18.5 Å². The maximum atomic E-state index is 12.3. The fourth-order valence-electron chi connectivity index (χ4n) is 2.36. The number of anilines is 1. The molecule has 3 rings (SSSR count). The van der Waals surface area contributed by atoms with Crippen LogP contribution in [0.5, 0.6) is 5.75 Å². The first-order valence-corrected chi connectivity index (χ1v) is 7.98. The van der Waals surface area contributed by atoms with E-state index in [1.54, 1.807) is 12.1 Å². The molecule has 0 saturated carbocycles. The van der Waals surface area contributed by atoms with Crippen molar-refractivity contribution < 1.29 is 9.53 Å². The molecular formula is C15H15ClN2O2S. The van der Waals surface area contributed by atoms with Gasteiger partial charge in [-0.05, 0) is 37.1 Å². The van der Waals surface area contributed by atoms with Gasteiger partial charge < -0.3 is 4.74 Å². The van der Waals surface area contributed by atoms with Gasteiger partial charge in [0.15, 0.2) is 11.2 Å². The molecule has 2 aromatic rings. The van der Waals surface area contributed by atoms with Crippen molar-refractivity contribution in [1.82, 2.24) is 4.98 Å². The largest absolute Gasteiger partial charge is 0.480 e. The smallest absolute Gasteiger partial charge is 0.267 e. The number of amides is 1. The predicted octanol–water partition coefficient (Wildman–Crippen LogP) is 3.61. The number of aromatic nitrogens is 1. The summed E-state index contributed by atoms with van der Waals surface area (Å²) in [6.07, 6.45) is 0.877. The summed E-state index contributed by atoms with van der Waals surface area (Å²) in [7, 11) is 0. The Morgan fingerprint density at radius 1 is 1.57 bits per heavy atom. The summed E-state index contributed by atoms with van der Waals surface area (Å²) < 4.78 is 5.67. The maximum Gasteiger partial charge on any atom is 0.267 e. The third-order valence-corrected chi connectivity index (χ3v) is 4.61. The van der Waals surface area contributed by atoms with E-state index in [0.29, 0.717) is 16.6 Å². The lowest BCUT2D eigenvalue weighted by atomic mass is 10.1. The molecule has 1 atom stereocenters. The quantitative estimate of drug-likeness (QED) is 0.939. The van der Waals surface area contributed by atoms with Gasteiger partial charge >= 0.3 is 0 Å². The van der Waals surface area contributed by atoms with Gasteiger partial charge in [-0.15, -0.1) is 11.3 Å². The normalized spacial score (nSPS) is 16.4. The van der Waals surface area contributed by atoms with Crippen LogP contribution in [0.25, 0.3) is 0 Å². The summed E-state index contributed by atoms with van der Waals surface area (Å²) in [4.78, 5) is 17.8. The summed E-state index contributed by atoms with van der Waals surface area (Å²) in [6.45, 7) is 4.06. The number of carbonyl (C=O) groups is 1. The van der Waals surface area contributed by atoms with E-state index in [4.69, 9.17) is 16.3 Å². The Hall–Kier alpha value is -1.59. The summed E-state index contributed by atoms with van der Waals surface area (Å²) in [5, 5.41) is 4.12. The van der Waals surface area contributed by atoms with Crippen LogP contribution in [0, 0.1) is 6.92 Å². The van der Waals surface area contributed by atoms with Crippen LogP contribution in [0.2, 0.25) is 5.02 Å². The first-order valence-electron chi connectivity index (χ1n) is 6.79. The minimum Gasteiger partial charge on any atom is -0.480 e. The van der Waals surface area contributed by atoms with Crippen LogP contribution in [-0.4, -0.2) is 17.0 Å². The Bertz CT molecular complexity index is 699. The monoisotopic (exact) mass is 322 g/mol. The Labute approximate surface area is 132 Å². The lowest BCUT2D eigenvalue weighted by molar-refractivity contribution is -0.122. The third kappa shape index (κ3) is 2.89. The zero-order valence-electron chi connectivity index (χ0n) is 11.8. The van der Waals surface area contributed by atoms with Crippen LogP contribution >= 0.6 is 22.9 Å². The molecule has 1 aromatic carbocycles. The molecule has 4 nitrogen and oxygen atoms in total. The molecule has 0 radical (unpaired) electrons. The molecule has 1 N–H and O–H groups in total. The van der Waals surface area contributed by atoms with Crippen molar-refractivity contribution >= 4 is 34.0 Å².